The van der Waals surface area contributed by atoms with Crippen LogP contribution in [0.2, 0.25) is 4.34 Å². The molecule has 2 aromatic rings. The van der Waals surface area contributed by atoms with Crippen molar-refractivity contribution in [2.24, 2.45) is 0 Å². The van der Waals surface area contributed by atoms with Crippen LogP contribution in [0, 0.1) is 0 Å². The number of nitrogens with zero attached hydrogens (tertiary/aromatic N) is 1. The van der Waals surface area contributed by atoms with Gasteiger partial charge in [-0.15, -0.1) is 11.3 Å². The molecule has 7 heteroatoms. The molecule has 0 unspecified atom stereocenters. The number of nitrogen functional groups attached to an aromatic ring is 1. The van der Waals surface area contributed by atoms with Crippen LogP contribution in [-0.2, 0) is 6.42 Å². The molecule has 19 heavy (non-hydrogen) atoms. The van der Waals surface area contributed by atoms with Gasteiger partial charge in [-0.1, -0.05) is 11.6 Å². The van der Waals surface area contributed by atoms with Crippen molar-refractivity contribution in [3.05, 3.63) is 39.2 Å². The number of carboxylic acids is 1. The standard InChI is InChI=1S/C12H12ClN3O2S/c13-9-2-1-7(19-9)3-5-15-11-10(14)8(12(17)18)4-6-16-11/h1-2,4,6H,3,5,14H2,(H,15,16)(H,17,18). The maximum absolute atomic E-state index is 10.9. The number of pyridine rings is 1. The van der Waals surface area contributed by atoms with Gasteiger partial charge in [-0.25, -0.2) is 9.78 Å². The van der Waals surface area contributed by atoms with E-state index in [4.69, 9.17) is 22.4 Å². The Hall–Kier alpha value is -1.79. The number of thiophene rings is 1. The number of hydrogen-bond acceptors (Lipinski definition) is 5. The fourth-order valence-corrected chi connectivity index (χ4v) is 2.68. The van der Waals surface area contributed by atoms with Crippen LogP contribution in [-0.4, -0.2) is 22.6 Å². The molecule has 100 valence electrons. The molecule has 0 amide bonds. The summed E-state index contributed by atoms with van der Waals surface area (Å²) in [7, 11) is 0. The Kier molecular flexibility index (Phi) is 4.24. The van der Waals surface area contributed by atoms with Crippen LogP contribution in [0.1, 0.15) is 15.2 Å². The average molecular weight is 298 g/mol. The van der Waals surface area contributed by atoms with Gasteiger partial charge in [-0.3, -0.25) is 0 Å². The number of halogens is 1. The van der Waals surface area contributed by atoms with Gasteiger partial charge in [0.05, 0.1) is 15.6 Å². The van der Waals surface area contributed by atoms with Crippen LogP contribution in [0.5, 0.6) is 0 Å². The van der Waals surface area contributed by atoms with Crippen LogP contribution in [0.25, 0.3) is 0 Å². The Morgan fingerprint density at radius 1 is 1.47 bits per heavy atom. The van der Waals surface area contributed by atoms with E-state index in [2.05, 4.69) is 10.3 Å². The summed E-state index contributed by atoms with van der Waals surface area (Å²) in [5.74, 6) is -0.671. The van der Waals surface area contributed by atoms with Crippen LogP contribution in [0.15, 0.2) is 24.4 Å². The molecule has 0 aromatic carbocycles. The lowest BCUT2D eigenvalue weighted by atomic mass is 10.2. The minimum atomic E-state index is -1.06. The summed E-state index contributed by atoms with van der Waals surface area (Å²) in [6.45, 7) is 0.608. The van der Waals surface area contributed by atoms with Gasteiger partial charge >= 0.3 is 5.97 Å². The van der Waals surface area contributed by atoms with E-state index in [0.717, 1.165) is 15.6 Å². The molecule has 0 bridgehead atoms. The third-order valence-corrected chi connectivity index (χ3v) is 3.80. The molecule has 0 aliphatic carbocycles. The van der Waals surface area contributed by atoms with Gasteiger partial charge in [-0.2, -0.15) is 0 Å². The minimum Gasteiger partial charge on any atom is -0.478 e. The number of carbonyl (C=O) groups is 1. The molecule has 2 heterocycles. The number of hydrogen-bond donors (Lipinski definition) is 3. The van der Waals surface area contributed by atoms with Crippen LogP contribution >= 0.6 is 22.9 Å². The first kappa shape index (κ1) is 13.6. The van der Waals surface area contributed by atoms with Crippen LogP contribution in [0.4, 0.5) is 11.5 Å². The van der Waals surface area contributed by atoms with Crippen LogP contribution < -0.4 is 11.1 Å². The maximum atomic E-state index is 10.9. The summed E-state index contributed by atoms with van der Waals surface area (Å²) >= 11 is 7.35. The van der Waals surface area contributed by atoms with Crippen LogP contribution in [0.3, 0.4) is 0 Å². The van der Waals surface area contributed by atoms with E-state index in [1.54, 1.807) is 0 Å². The second-order valence-electron chi connectivity index (χ2n) is 3.81. The topological polar surface area (TPSA) is 88.2 Å². The molecule has 5 nitrogen and oxygen atoms in total. The molecular formula is C12H12ClN3O2S. The molecule has 0 radical (unpaired) electrons. The highest BCUT2D eigenvalue weighted by Crippen LogP contribution is 2.23. The Morgan fingerprint density at radius 2 is 2.26 bits per heavy atom. The molecule has 0 saturated carbocycles. The monoisotopic (exact) mass is 297 g/mol. The van der Waals surface area contributed by atoms with Gasteiger partial charge in [0, 0.05) is 17.6 Å². The van der Waals surface area contributed by atoms with Crippen molar-refractivity contribution in [3.8, 4) is 0 Å². The smallest absolute Gasteiger partial charge is 0.337 e. The van der Waals surface area contributed by atoms with E-state index in [1.807, 2.05) is 12.1 Å². The van der Waals surface area contributed by atoms with Crippen molar-refractivity contribution < 1.29 is 9.90 Å². The predicted molar refractivity (Wildman–Crippen MR) is 77.1 cm³/mol. The molecular weight excluding hydrogens is 286 g/mol. The zero-order valence-corrected chi connectivity index (χ0v) is 11.5. The zero-order chi connectivity index (χ0) is 13.8. The summed E-state index contributed by atoms with van der Waals surface area (Å²) in [6.07, 6.45) is 2.19. The van der Waals surface area contributed by atoms with Crippen molar-refractivity contribution in [2.45, 2.75) is 6.42 Å². The molecule has 0 atom stereocenters. The van der Waals surface area contributed by atoms with Gasteiger partial charge in [0.2, 0.25) is 0 Å². The fraction of sp³-hybridized carbons (Fsp3) is 0.167. The van der Waals surface area contributed by atoms with E-state index in [9.17, 15) is 4.79 Å². The number of nitrogens with two attached hydrogens (primary N) is 1. The molecule has 0 aliphatic heterocycles. The van der Waals surface area contributed by atoms with Gasteiger partial charge in [0.15, 0.2) is 0 Å². The molecule has 0 spiro atoms. The lowest BCUT2D eigenvalue weighted by Crippen LogP contribution is -2.11. The quantitative estimate of drug-likeness (QED) is 0.790. The lowest BCUT2D eigenvalue weighted by Gasteiger charge is -2.09. The van der Waals surface area contributed by atoms with Crippen molar-refractivity contribution in [2.75, 3.05) is 17.6 Å². The Labute approximate surface area is 119 Å². The fourth-order valence-electron chi connectivity index (χ4n) is 1.59. The van der Waals surface area contributed by atoms with Crippen molar-refractivity contribution in [1.29, 1.82) is 0 Å². The zero-order valence-electron chi connectivity index (χ0n) is 9.89. The minimum absolute atomic E-state index is 0.0525. The van der Waals surface area contributed by atoms with E-state index in [1.165, 1.54) is 23.6 Å². The lowest BCUT2D eigenvalue weighted by molar-refractivity contribution is 0.0698. The van der Waals surface area contributed by atoms with Gasteiger partial charge in [0.1, 0.15) is 5.82 Å². The molecule has 0 saturated heterocycles. The maximum Gasteiger partial charge on any atom is 0.337 e. The van der Waals surface area contributed by atoms with Gasteiger partial charge < -0.3 is 16.2 Å². The number of carboxylic acid groups (broad SMARTS) is 1. The number of aromatic carboxylic acids is 1. The van der Waals surface area contributed by atoms with E-state index < -0.39 is 5.97 Å². The third-order valence-electron chi connectivity index (χ3n) is 2.51. The first-order chi connectivity index (χ1) is 9.08. The molecule has 2 rings (SSSR count). The van der Waals surface area contributed by atoms with Crippen molar-refractivity contribution in [3.63, 3.8) is 0 Å². The van der Waals surface area contributed by atoms with E-state index in [-0.39, 0.29) is 11.3 Å². The Bertz CT molecular complexity index is 600. The summed E-state index contributed by atoms with van der Waals surface area (Å²) in [5.41, 5.74) is 5.95. The summed E-state index contributed by atoms with van der Waals surface area (Å²) in [4.78, 5) is 16.1. The van der Waals surface area contributed by atoms with Crippen molar-refractivity contribution in [1.82, 2.24) is 4.98 Å². The normalized spacial score (nSPS) is 10.4. The van der Waals surface area contributed by atoms with Crippen molar-refractivity contribution >= 4 is 40.4 Å². The largest absolute Gasteiger partial charge is 0.478 e. The summed E-state index contributed by atoms with van der Waals surface area (Å²) in [6, 6.07) is 5.18. The molecule has 4 N–H and O–H groups in total. The second kappa shape index (κ2) is 5.90. The number of aromatic nitrogens is 1. The first-order valence-electron chi connectivity index (χ1n) is 5.54. The number of anilines is 2. The van der Waals surface area contributed by atoms with E-state index >= 15 is 0 Å². The van der Waals surface area contributed by atoms with Gasteiger partial charge in [-0.05, 0) is 24.6 Å². The Morgan fingerprint density at radius 3 is 2.89 bits per heavy atom. The third kappa shape index (κ3) is 3.36. The summed E-state index contributed by atoms with van der Waals surface area (Å²) < 4.78 is 0.750. The highest BCUT2D eigenvalue weighted by molar-refractivity contribution is 7.16. The molecule has 0 aliphatic rings. The predicted octanol–water partition coefficient (Wildman–Crippen LogP) is 2.73. The first-order valence-corrected chi connectivity index (χ1v) is 6.73. The highest BCUT2D eigenvalue weighted by atomic mass is 35.5. The summed E-state index contributed by atoms with van der Waals surface area (Å²) in [5, 5.41) is 12.0. The van der Waals surface area contributed by atoms with Gasteiger partial charge in [0.25, 0.3) is 0 Å². The number of rotatable bonds is 5. The number of nitrogens with one attached hydrogen (secondary N) is 1. The average Bonchev–Trinajstić information content (AvgIpc) is 2.77. The van der Waals surface area contributed by atoms with E-state index in [0.29, 0.717) is 12.4 Å². The molecule has 0 fully saturated rings. The highest BCUT2D eigenvalue weighted by Gasteiger charge is 2.11. The SMILES string of the molecule is Nc1c(C(=O)O)ccnc1NCCc1ccc(Cl)s1. The Balaban J connectivity index is 2.00. The second-order valence-corrected chi connectivity index (χ2v) is 5.61. The molecule has 2 aromatic heterocycles.